The van der Waals surface area contributed by atoms with E-state index in [-0.39, 0.29) is 24.6 Å². The van der Waals surface area contributed by atoms with Gasteiger partial charge in [0.1, 0.15) is 6.61 Å². The number of hydrogen-bond donors (Lipinski definition) is 2. The van der Waals surface area contributed by atoms with Crippen LogP contribution < -0.4 is 15.5 Å². The fourth-order valence-electron chi connectivity index (χ4n) is 5.26. The molecule has 0 bridgehead atoms. The highest BCUT2D eigenvalue weighted by Crippen LogP contribution is 2.44. The summed E-state index contributed by atoms with van der Waals surface area (Å²) >= 11 is 12.3. The molecule has 2 atom stereocenters. The van der Waals surface area contributed by atoms with Crippen molar-refractivity contribution < 1.29 is 9.53 Å². The van der Waals surface area contributed by atoms with Gasteiger partial charge in [-0.15, -0.1) is 0 Å². The van der Waals surface area contributed by atoms with Crippen LogP contribution in [0.15, 0.2) is 72.9 Å². The van der Waals surface area contributed by atoms with Gasteiger partial charge in [0.15, 0.2) is 5.11 Å². The number of nitrogens with zero attached hydrogens (tertiary/aromatic N) is 3. The van der Waals surface area contributed by atoms with Gasteiger partial charge >= 0.3 is 0 Å². The quantitative estimate of drug-likeness (QED) is 0.262. The van der Waals surface area contributed by atoms with E-state index in [4.69, 9.17) is 28.6 Å². The number of hydrogen-bond acceptors (Lipinski definition) is 4. The van der Waals surface area contributed by atoms with Gasteiger partial charge in [0.2, 0.25) is 5.91 Å². The average molecular weight is 560 g/mol. The van der Waals surface area contributed by atoms with Crippen LogP contribution in [0.25, 0.3) is 5.69 Å². The molecule has 0 unspecified atom stereocenters. The van der Waals surface area contributed by atoms with E-state index in [1.165, 1.54) is 7.11 Å². The van der Waals surface area contributed by atoms with Crippen LogP contribution in [0.5, 0.6) is 0 Å². The van der Waals surface area contributed by atoms with E-state index in [1.54, 1.807) is 6.20 Å². The summed E-state index contributed by atoms with van der Waals surface area (Å²) in [5.74, 6) is -0.208. The van der Waals surface area contributed by atoms with Crippen LogP contribution in [0, 0.1) is 20.8 Å². The fourth-order valence-corrected chi connectivity index (χ4v) is 5.78. The number of ether oxygens (including phenoxy) is 1. The van der Waals surface area contributed by atoms with Crippen LogP contribution in [0.3, 0.4) is 0 Å². The number of rotatable bonds is 7. The van der Waals surface area contributed by atoms with Crippen molar-refractivity contribution >= 4 is 46.2 Å². The lowest BCUT2D eigenvalue weighted by molar-refractivity contribution is -0.119. The maximum Gasteiger partial charge on any atom is 0.250 e. The second kappa shape index (κ2) is 11.2. The summed E-state index contributed by atoms with van der Waals surface area (Å²) < 4.78 is 7.17. The lowest BCUT2D eigenvalue weighted by atomic mass is 9.96. The number of pyridine rings is 1. The number of amides is 1. The summed E-state index contributed by atoms with van der Waals surface area (Å²) in [5, 5.41) is 7.67. The maximum absolute atomic E-state index is 12.0. The summed E-state index contributed by atoms with van der Waals surface area (Å²) in [4.78, 5) is 18.8. The van der Waals surface area contributed by atoms with E-state index in [2.05, 4.69) is 51.9 Å². The van der Waals surface area contributed by atoms with Crippen molar-refractivity contribution in [3.05, 3.63) is 106 Å². The molecule has 7 nitrogen and oxygen atoms in total. The van der Waals surface area contributed by atoms with Crippen LogP contribution in [0.2, 0.25) is 5.02 Å². The smallest absolute Gasteiger partial charge is 0.250 e. The molecule has 2 aromatic carbocycles. The lowest BCUT2D eigenvalue weighted by Gasteiger charge is -2.28. The molecule has 4 aromatic rings. The van der Waals surface area contributed by atoms with E-state index in [0.29, 0.717) is 15.8 Å². The van der Waals surface area contributed by atoms with Gasteiger partial charge in [0, 0.05) is 46.8 Å². The third-order valence-corrected chi connectivity index (χ3v) is 7.55. The van der Waals surface area contributed by atoms with Gasteiger partial charge in [-0.05, 0) is 98.7 Å². The molecule has 0 spiro atoms. The Morgan fingerprint density at radius 3 is 2.56 bits per heavy atom. The Morgan fingerprint density at radius 2 is 1.87 bits per heavy atom. The molecule has 1 amide bonds. The number of aryl methyl sites for hydroxylation is 2. The van der Waals surface area contributed by atoms with E-state index in [9.17, 15) is 4.79 Å². The predicted octanol–water partition coefficient (Wildman–Crippen LogP) is 6.21. The molecule has 2 N–H and O–H groups in total. The first-order valence-electron chi connectivity index (χ1n) is 12.6. The largest absolute Gasteiger partial charge is 0.375 e. The van der Waals surface area contributed by atoms with Crippen LogP contribution in [-0.4, -0.2) is 34.3 Å². The first-order valence-corrected chi connectivity index (χ1v) is 13.4. The van der Waals surface area contributed by atoms with E-state index in [0.717, 1.165) is 39.6 Å². The Labute approximate surface area is 238 Å². The van der Waals surface area contributed by atoms with Crippen LogP contribution >= 0.6 is 23.8 Å². The Bertz CT molecular complexity index is 1520. The molecule has 0 saturated carbocycles. The number of nitrogens with one attached hydrogen (secondary N) is 2. The molecular formula is C30H30ClN5O2S. The van der Waals surface area contributed by atoms with Gasteiger partial charge in [0.05, 0.1) is 17.8 Å². The normalized spacial score (nSPS) is 16.8. The Hall–Kier alpha value is -3.72. The first-order chi connectivity index (χ1) is 18.8. The Balaban J connectivity index is 1.60. The molecular weight excluding hydrogens is 530 g/mol. The minimum Gasteiger partial charge on any atom is -0.375 e. The predicted molar refractivity (Wildman–Crippen MR) is 160 cm³/mol. The van der Waals surface area contributed by atoms with Gasteiger partial charge < -0.3 is 24.8 Å². The average Bonchev–Trinajstić information content (AvgIpc) is 3.41. The molecule has 200 valence electrons. The molecule has 9 heteroatoms. The van der Waals surface area contributed by atoms with Gasteiger partial charge in [0.25, 0.3) is 0 Å². The minimum atomic E-state index is -0.208. The number of halogens is 1. The maximum atomic E-state index is 12.0. The minimum absolute atomic E-state index is 0.00255. The van der Waals surface area contributed by atoms with Crippen molar-refractivity contribution in [2.75, 3.05) is 23.9 Å². The molecule has 5 rings (SSSR count). The van der Waals surface area contributed by atoms with Crippen LogP contribution in [0.1, 0.15) is 40.3 Å². The number of anilines is 2. The molecule has 1 aliphatic rings. The highest BCUT2D eigenvalue weighted by molar-refractivity contribution is 7.80. The highest BCUT2D eigenvalue weighted by Gasteiger charge is 2.42. The SMILES string of the molecule is COCC(=O)Nc1ccc(N2C(=S)N[C@H](c3ccccn3)[C@H]2c2cc(C)n(-c3cc(Cl)ccc3C)c2C)cc1. The number of benzene rings is 2. The number of carbonyl (C=O) groups is 1. The summed E-state index contributed by atoms with van der Waals surface area (Å²) in [6.07, 6.45) is 1.80. The zero-order chi connectivity index (χ0) is 27.7. The standard InChI is InChI=1S/C30H30ClN5O2S/c1-18-8-9-21(31)16-26(18)35-19(2)15-24(20(35)3)29-28(25-7-5-6-14-32-25)34-30(39)36(29)23-12-10-22(11-13-23)33-27(37)17-38-4/h5-16,28-29H,17H2,1-4H3,(H,33,37)(H,34,39)/t28-,29-/m1/s1. The number of carbonyl (C=O) groups excluding carboxylic acids is 1. The van der Waals surface area contributed by atoms with Crippen molar-refractivity contribution in [3.8, 4) is 5.69 Å². The summed E-state index contributed by atoms with van der Waals surface area (Å²) in [6.45, 7) is 6.32. The zero-order valence-electron chi connectivity index (χ0n) is 22.2. The number of thiocarbonyl (C=S) groups is 1. The topological polar surface area (TPSA) is 71.4 Å². The Morgan fingerprint density at radius 1 is 1.10 bits per heavy atom. The van der Waals surface area contributed by atoms with E-state index < -0.39 is 0 Å². The summed E-state index contributed by atoms with van der Waals surface area (Å²) in [7, 11) is 1.49. The van der Waals surface area contributed by atoms with Crippen molar-refractivity contribution in [2.45, 2.75) is 32.9 Å². The van der Waals surface area contributed by atoms with Gasteiger partial charge in [-0.3, -0.25) is 9.78 Å². The van der Waals surface area contributed by atoms with E-state index in [1.807, 2.05) is 60.7 Å². The summed E-state index contributed by atoms with van der Waals surface area (Å²) in [5.41, 5.74) is 8.01. The van der Waals surface area contributed by atoms with Crippen LogP contribution in [-0.2, 0) is 9.53 Å². The van der Waals surface area contributed by atoms with Crippen molar-refractivity contribution in [1.82, 2.24) is 14.9 Å². The lowest BCUT2D eigenvalue weighted by Crippen LogP contribution is -2.29. The molecule has 1 saturated heterocycles. The molecule has 0 aliphatic carbocycles. The third-order valence-electron chi connectivity index (χ3n) is 7.00. The number of methoxy groups -OCH3 is 1. The van der Waals surface area contributed by atoms with Crippen molar-refractivity contribution in [2.24, 2.45) is 0 Å². The van der Waals surface area contributed by atoms with Gasteiger partial charge in [-0.25, -0.2) is 0 Å². The Kier molecular flexibility index (Phi) is 7.70. The number of aromatic nitrogens is 2. The third kappa shape index (κ3) is 5.28. The zero-order valence-corrected chi connectivity index (χ0v) is 23.8. The van der Waals surface area contributed by atoms with Crippen LogP contribution in [0.4, 0.5) is 11.4 Å². The molecule has 2 aromatic heterocycles. The second-order valence-electron chi connectivity index (χ2n) is 9.62. The molecule has 1 aliphatic heterocycles. The van der Waals surface area contributed by atoms with Crippen molar-refractivity contribution in [1.29, 1.82) is 0 Å². The van der Waals surface area contributed by atoms with Gasteiger partial charge in [-0.2, -0.15) is 0 Å². The fraction of sp³-hybridized carbons (Fsp3) is 0.233. The molecule has 1 fully saturated rings. The molecule has 3 heterocycles. The summed E-state index contributed by atoms with van der Waals surface area (Å²) in [6, 6.07) is 21.4. The van der Waals surface area contributed by atoms with Crippen molar-refractivity contribution in [3.63, 3.8) is 0 Å². The second-order valence-corrected chi connectivity index (χ2v) is 10.4. The van der Waals surface area contributed by atoms with Gasteiger partial charge in [-0.1, -0.05) is 23.7 Å². The van der Waals surface area contributed by atoms with E-state index >= 15 is 0 Å². The molecule has 0 radical (unpaired) electrons. The monoisotopic (exact) mass is 559 g/mol. The molecule has 39 heavy (non-hydrogen) atoms. The highest BCUT2D eigenvalue weighted by atomic mass is 35.5. The first kappa shape index (κ1) is 26.9.